The quantitative estimate of drug-likeness (QED) is 0.926. The van der Waals surface area contributed by atoms with E-state index in [0.717, 1.165) is 11.4 Å². The van der Waals surface area contributed by atoms with E-state index in [1.807, 2.05) is 32.9 Å². The van der Waals surface area contributed by atoms with Crippen molar-refractivity contribution in [2.45, 2.75) is 51.2 Å². The summed E-state index contributed by atoms with van der Waals surface area (Å²) in [5.41, 5.74) is 2.10. The molecule has 0 spiro atoms. The highest BCUT2D eigenvalue weighted by Crippen LogP contribution is 2.39. The van der Waals surface area contributed by atoms with Gasteiger partial charge in [-0.3, -0.25) is 9.78 Å². The first kappa shape index (κ1) is 15.4. The van der Waals surface area contributed by atoms with E-state index in [-0.39, 0.29) is 18.6 Å². The molecule has 3 rings (SSSR count). The highest BCUT2D eigenvalue weighted by atomic mass is 16.5. The van der Waals surface area contributed by atoms with Crippen molar-refractivity contribution in [3.63, 3.8) is 0 Å². The van der Waals surface area contributed by atoms with Crippen LogP contribution in [0.5, 0.6) is 0 Å². The molecule has 1 N–H and O–H groups in total. The van der Waals surface area contributed by atoms with Crippen LogP contribution in [0, 0.1) is 6.92 Å². The maximum Gasteiger partial charge on any atom is 0.255 e. The zero-order chi connectivity index (χ0) is 15.9. The maximum atomic E-state index is 12.8. The topological polar surface area (TPSA) is 62.7 Å². The molecule has 5 nitrogen and oxygen atoms in total. The normalized spacial score (nSPS) is 24.4. The molecule has 1 amide bonds. The van der Waals surface area contributed by atoms with Crippen LogP contribution in [0.2, 0.25) is 0 Å². The summed E-state index contributed by atoms with van der Waals surface area (Å²) in [5, 5.41) is 9.38. The fourth-order valence-electron chi connectivity index (χ4n) is 3.13. The van der Waals surface area contributed by atoms with Gasteiger partial charge in [0.1, 0.15) is 0 Å². The van der Waals surface area contributed by atoms with Crippen molar-refractivity contribution in [1.82, 2.24) is 9.88 Å². The van der Waals surface area contributed by atoms with E-state index in [9.17, 15) is 9.90 Å². The molecule has 5 heteroatoms. The van der Waals surface area contributed by atoms with Gasteiger partial charge in [-0.05, 0) is 45.7 Å². The van der Waals surface area contributed by atoms with Crippen LogP contribution < -0.4 is 0 Å². The Kier molecular flexibility index (Phi) is 3.95. The summed E-state index contributed by atoms with van der Waals surface area (Å²) in [6.07, 6.45) is 2.08. The smallest absolute Gasteiger partial charge is 0.255 e. The summed E-state index contributed by atoms with van der Waals surface area (Å²) in [6, 6.07) is 3.88. The predicted molar refractivity (Wildman–Crippen MR) is 82.9 cm³/mol. The minimum absolute atomic E-state index is 0.0258. The predicted octanol–water partition coefficient (Wildman–Crippen LogP) is 1.88. The number of aliphatic hydroxyl groups excluding tert-OH is 1. The lowest BCUT2D eigenvalue weighted by Crippen LogP contribution is -2.55. The maximum absolute atomic E-state index is 12.8. The monoisotopic (exact) mass is 304 g/mol. The first-order valence-electron chi connectivity index (χ1n) is 7.95. The number of hydrogen-bond donors (Lipinski definition) is 1. The molecule has 22 heavy (non-hydrogen) atoms. The van der Waals surface area contributed by atoms with Gasteiger partial charge in [-0.25, -0.2) is 0 Å². The standard InChI is InChI=1S/C17H24N2O3/c1-11-14(6-7-15(18-11)12-4-5-12)16(21)19-8-13(9-20)22-17(2,3)10-19/h6-7,12-13,20H,4-5,8-10H2,1-3H3. The molecule has 0 aromatic carbocycles. The van der Waals surface area contributed by atoms with Crippen LogP contribution in [0.15, 0.2) is 12.1 Å². The number of hydrogen-bond acceptors (Lipinski definition) is 4. The fraction of sp³-hybridized carbons (Fsp3) is 0.647. The Balaban J connectivity index is 1.80. The van der Waals surface area contributed by atoms with Gasteiger partial charge < -0.3 is 14.7 Å². The first-order valence-corrected chi connectivity index (χ1v) is 7.95. The number of morpholine rings is 1. The van der Waals surface area contributed by atoms with Crippen molar-refractivity contribution >= 4 is 5.91 Å². The number of aromatic nitrogens is 1. The number of amides is 1. The van der Waals surface area contributed by atoms with Crippen LogP contribution in [0.4, 0.5) is 0 Å². The highest BCUT2D eigenvalue weighted by molar-refractivity contribution is 5.95. The first-order chi connectivity index (χ1) is 10.4. The van der Waals surface area contributed by atoms with Gasteiger partial charge in [-0.2, -0.15) is 0 Å². The van der Waals surface area contributed by atoms with Gasteiger partial charge in [0.15, 0.2) is 0 Å². The molecule has 2 heterocycles. The van der Waals surface area contributed by atoms with Crippen LogP contribution >= 0.6 is 0 Å². The van der Waals surface area contributed by atoms with Crippen molar-refractivity contribution in [3.8, 4) is 0 Å². The molecule has 1 aliphatic carbocycles. The van der Waals surface area contributed by atoms with E-state index in [2.05, 4.69) is 4.98 Å². The Morgan fingerprint density at radius 3 is 2.77 bits per heavy atom. The summed E-state index contributed by atoms with van der Waals surface area (Å²) >= 11 is 0. The largest absolute Gasteiger partial charge is 0.394 e. The van der Waals surface area contributed by atoms with Crippen LogP contribution in [-0.2, 0) is 4.74 Å². The third-order valence-corrected chi connectivity index (χ3v) is 4.31. The molecular weight excluding hydrogens is 280 g/mol. The lowest BCUT2D eigenvalue weighted by Gasteiger charge is -2.42. The number of carbonyl (C=O) groups is 1. The van der Waals surface area contributed by atoms with Gasteiger partial charge in [0, 0.05) is 24.7 Å². The molecule has 0 bridgehead atoms. The Labute approximate surface area is 131 Å². The Hall–Kier alpha value is -1.46. The number of aliphatic hydroxyl groups is 1. The van der Waals surface area contributed by atoms with Crippen LogP contribution in [0.25, 0.3) is 0 Å². The van der Waals surface area contributed by atoms with Gasteiger partial charge in [0.25, 0.3) is 5.91 Å². The SMILES string of the molecule is Cc1nc(C2CC2)ccc1C(=O)N1CC(CO)OC(C)(C)C1. The molecule has 0 radical (unpaired) electrons. The second-order valence-electron chi connectivity index (χ2n) is 7.01. The molecule has 1 aromatic rings. The minimum Gasteiger partial charge on any atom is -0.394 e. The summed E-state index contributed by atoms with van der Waals surface area (Å²) in [7, 11) is 0. The Morgan fingerprint density at radius 1 is 1.45 bits per heavy atom. The Morgan fingerprint density at radius 2 is 2.18 bits per heavy atom. The summed E-state index contributed by atoms with van der Waals surface area (Å²) in [5.74, 6) is 0.561. The van der Waals surface area contributed by atoms with Crippen molar-refractivity contribution < 1.29 is 14.6 Å². The van der Waals surface area contributed by atoms with E-state index in [0.29, 0.717) is 24.6 Å². The summed E-state index contributed by atoms with van der Waals surface area (Å²) in [4.78, 5) is 19.2. The molecule has 1 atom stereocenters. The van der Waals surface area contributed by atoms with Crippen molar-refractivity contribution in [1.29, 1.82) is 0 Å². The third kappa shape index (κ3) is 3.15. The number of ether oxygens (including phenoxy) is 1. The molecule has 2 aliphatic rings. The van der Waals surface area contributed by atoms with Gasteiger partial charge in [0.05, 0.1) is 29.6 Å². The van der Waals surface area contributed by atoms with Gasteiger partial charge in [-0.15, -0.1) is 0 Å². The lowest BCUT2D eigenvalue weighted by molar-refractivity contribution is -0.139. The van der Waals surface area contributed by atoms with Crippen LogP contribution in [0.3, 0.4) is 0 Å². The average Bonchev–Trinajstić information content (AvgIpc) is 3.29. The summed E-state index contributed by atoms with van der Waals surface area (Å²) in [6.45, 7) is 6.64. The summed E-state index contributed by atoms with van der Waals surface area (Å²) < 4.78 is 5.77. The van der Waals surface area contributed by atoms with E-state index < -0.39 is 5.60 Å². The van der Waals surface area contributed by atoms with Crippen molar-refractivity contribution in [3.05, 3.63) is 29.1 Å². The zero-order valence-corrected chi connectivity index (χ0v) is 13.5. The molecule has 1 saturated carbocycles. The minimum atomic E-state index is -0.448. The lowest BCUT2D eigenvalue weighted by atomic mass is 10.0. The highest BCUT2D eigenvalue weighted by Gasteiger charge is 2.36. The van der Waals surface area contributed by atoms with E-state index in [1.54, 1.807) is 4.90 Å². The van der Waals surface area contributed by atoms with E-state index in [1.165, 1.54) is 12.8 Å². The molecule has 120 valence electrons. The van der Waals surface area contributed by atoms with Gasteiger partial charge in [-0.1, -0.05) is 0 Å². The van der Waals surface area contributed by atoms with Gasteiger partial charge in [0.2, 0.25) is 0 Å². The Bertz CT molecular complexity index is 581. The van der Waals surface area contributed by atoms with Crippen LogP contribution in [-0.4, -0.2) is 52.3 Å². The molecule has 2 fully saturated rings. The molecular formula is C17H24N2O3. The number of aryl methyl sites for hydroxylation is 1. The number of rotatable bonds is 3. The molecule has 1 aromatic heterocycles. The second kappa shape index (κ2) is 5.63. The molecule has 1 unspecified atom stereocenters. The fourth-order valence-corrected chi connectivity index (χ4v) is 3.13. The van der Waals surface area contributed by atoms with Gasteiger partial charge >= 0.3 is 0 Å². The van der Waals surface area contributed by atoms with E-state index in [4.69, 9.17) is 4.74 Å². The second-order valence-corrected chi connectivity index (χ2v) is 7.01. The number of carbonyl (C=O) groups excluding carboxylic acids is 1. The molecule has 1 aliphatic heterocycles. The number of nitrogens with zero attached hydrogens (tertiary/aromatic N) is 2. The average molecular weight is 304 g/mol. The van der Waals surface area contributed by atoms with E-state index >= 15 is 0 Å². The third-order valence-electron chi connectivity index (χ3n) is 4.31. The van der Waals surface area contributed by atoms with Crippen molar-refractivity contribution in [2.24, 2.45) is 0 Å². The number of pyridine rings is 1. The molecule has 1 saturated heterocycles. The zero-order valence-electron chi connectivity index (χ0n) is 13.5. The van der Waals surface area contributed by atoms with Crippen LogP contribution in [0.1, 0.15) is 54.4 Å². The van der Waals surface area contributed by atoms with Crippen molar-refractivity contribution in [2.75, 3.05) is 19.7 Å².